The number of carbonyl (C=O) groups is 1. The lowest BCUT2D eigenvalue weighted by Crippen LogP contribution is -2.46. The SMILES string of the molecule is COCCCOc1cc(C[C@@H](C[C@H](N)[C@@H](O)C[C@H](C(=O)NC2CCC(OC)CC2)C(C)C)C(C)C)ccc1OC. The van der Waals surface area contributed by atoms with Gasteiger partial charge in [-0.15, -0.1) is 0 Å². The van der Waals surface area contributed by atoms with Crippen molar-refractivity contribution in [3.63, 3.8) is 0 Å². The maximum Gasteiger partial charge on any atom is 0.223 e. The number of carbonyl (C=O) groups excluding carboxylic acids is 1. The normalized spacial score (nSPS) is 20.7. The second-order valence-electron chi connectivity index (χ2n) is 12.2. The molecule has 0 aromatic heterocycles. The third kappa shape index (κ3) is 11.2. The van der Waals surface area contributed by atoms with Crippen molar-refractivity contribution in [2.45, 2.75) is 103 Å². The minimum Gasteiger partial charge on any atom is -0.493 e. The summed E-state index contributed by atoms with van der Waals surface area (Å²) in [6, 6.07) is 5.82. The first-order valence-corrected chi connectivity index (χ1v) is 15.1. The van der Waals surface area contributed by atoms with Crippen LogP contribution in [0.4, 0.5) is 0 Å². The molecule has 8 nitrogen and oxygen atoms in total. The first-order chi connectivity index (χ1) is 19.1. The van der Waals surface area contributed by atoms with Gasteiger partial charge in [0.2, 0.25) is 5.91 Å². The lowest BCUT2D eigenvalue weighted by molar-refractivity contribution is -0.128. The minimum absolute atomic E-state index is 0.0267. The van der Waals surface area contributed by atoms with E-state index >= 15 is 0 Å². The highest BCUT2D eigenvalue weighted by molar-refractivity contribution is 5.79. The molecule has 2 rings (SSSR count). The van der Waals surface area contributed by atoms with Crippen LogP contribution in [0.1, 0.15) is 78.2 Å². The van der Waals surface area contributed by atoms with Crippen LogP contribution < -0.4 is 20.5 Å². The van der Waals surface area contributed by atoms with Crippen LogP contribution in [-0.2, 0) is 20.7 Å². The Kier molecular flexibility index (Phi) is 15.3. The Morgan fingerprint density at radius 2 is 1.70 bits per heavy atom. The molecule has 1 saturated carbocycles. The zero-order valence-corrected chi connectivity index (χ0v) is 26.0. The van der Waals surface area contributed by atoms with Gasteiger partial charge >= 0.3 is 0 Å². The van der Waals surface area contributed by atoms with Crippen LogP contribution >= 0.6 is 0 Å². The molecular formula is C32H56N2O6. The highest BCUT2D eigenvalue weighted by Crippen LogP contribution is 2.32. The lowest BCUT2D eigenvalue weighted by atomic mass is 9.80. The monoisotopic (exact) mass is 564 g/mol. The number of aliphatic hydroxyl groups is 1. The molecule has 1 aromatic rings. The molecule has 0 heterocycles. The number of hydrogen-bond acceptors (Lipinski definition) is 7. The number of methoxy groups -OCH3 is 3. The first kappa shape index (κ1) is 34.3. The molecule has 0 saturated heterocycles. The number of hydrogen-bond donors (Lipinski definition) is 3. The van der Waals surface area contributed by atoms with Crippen LogP contribution in [0.3, 0.4) is 0 Å². The summed E-state index contributed by atoms with van der Waals surface area (Å²) in [6.07, 6.45) is 5.98. The highest BCUT2D eigenvalue weighted by Gasteiger charge is 2.31. The number of nitrogens with one attached hydrogen (secondary N) is 1. The van der Waals surface area contributed by atoms with E-state index in [1.807, 2.05) is 26.0 Å². The van der Waals surface area contributed by atoms with Crippen LogP contribution in [0.5, 0.6) is 11.5 Å². The number of aliphatic hydroxyl groups excluding tert-OH is 1. The average molecular weight is 565 g/mol. The van der Waals surface area contributed by atoms with Gasteiger partial charge < -0.3 is 35.1 Å². The van der Waals surface area contributed by atoms with Gasteiger partial charge in [0.15, 0.2) is 11.5 Å². The predicted molar refractivity (Wildman–Crippen MR) is 160 cm³/mol. The molecule has 0 aliphatic heterocycles. The van der Waals surface area contributed by atoms with Crippen molar-refractivity contribution >= 4 is 5.91 Å². The fourth-order valence-electron chi connectivity index (χ4n) is 5.61. The Morgan fingerprint density at radius 3 is 2.27 bits per heavy atom. The maximum absolute atomic E-state index is 13.2. The van der Waals surface area contributed by atoms with E-state index in [1.165, 1.54) is 0 Å². The Balaban J connectivity index is 1.98. The summed E-state index contributed by atoms with van der Waals surface area (Å²) in [5.74, 6) is 1.93. The topological polar surface area (TPSA) is 112 Å². The number of nitrogens with two attached hydrogens (primary N) is 1. The minimum atomic E-state index is -0.751. The molecule has 0 bridgehead atoms. The van der Waals surface area contributed by atoms with E-state index in [0.717, 1.165) is 49.8 Å². The fraction of sp³-hybridized carbons (Fsp3) is 0.781. The van der Waals surface area contributed by atoms with E-state index in [2.05, 4.69) is 25.2 Å². The number of amides is 1. The van der Waals surface area contributed by atoms with E-state index in [-0.39, 0.29) is 29.7 Å². The Hall–Kier alpha value is -1.87. The van der Waals surface area contributed by atoms with Gasteiger partial charge in [0.05, 0.1) is 25.9 Å². The second kappa shape index (κ2) is 17.8. The zero-order chi connectivity index (χ0) is 29.7. The summed E-state index contributed by atoms with van der Waals surface area (Å²) in [4.78, 5) is 13.2. The van der Waals surface area contributed by atoms with Crippen molar-refractivity contribution in [3.8, 4) is 11.5 Å². The van der Waals surface area contributed by atoms with Gasteiger partial charge in [-0.25, -0.2) is 0 Å². The van der Waals surface area contributed by atoms with Crippen LogP contribution in [0.15, 0.2) is 18.2 Å². The summed E-state index contributed by atoms with van der Waals surface area (Å²) < 4.78 is 22.0. The molecule has 1 amide bonds. The number of rotatable bonds is 18. The molecule has 1 aliphatic rings. The van der Waals surface area contributed by atoms with Gasteiger partial charge in [0, 0.05) is 45.2 Å². The first-order valence-electron chi connectivity index (χ1n) is 15.1. The molecule has 8 heteroatoms. The highest BCUT2D eigenvalue weighted by atomic mass is 16.5. The van der Waals surface area contributed by atoms with Crippen LogP contribution in [0, 0.1) is 23.7 Å². The summed E-state index contributed by atoms with van der Waals surface area (Å²) in [5.41, 5.74) is 7.73. The second-order valence-corrected chi connectivity index (χ2v) is 12.2. The zero-order valence-electron chi connectivity index (χ0n) is 26.0. The third-order valence-corrected chi connectivity index (χ3v) is 8.48. The van der Waals surface area contributed by atoms with Crippen LogP contribution in [-0.4, -0.2) is 69.8 Å². The molecule has 40 heavy (non-hydrogen) atoms. The number of ether oxygens (including phenoxy) is 4. The Labute approximate surface area is 242 Å². The van der Waals surface area contributed by atoms with Gasteiger partial charge in [0.25, 0.3) is 0 Å². The largest absolute Gasteiger partial charge is 0.493 e. The molecule has 4 atom stereocenters. The van der Waals surface area contributed by atoms with Crippen molar-refractivity contribution in [1.29, 1.82) is 0 Å². The predicted octanol–water partition coefficient (Wildman–Crippen LogP) is 4.74. The molecule has 1 aromatic carbocycles. The smallest absolute Gasteiger partial charge is 0.223 e. The standard InChI is InChI=1S/C32H56N2O6/c1-21(2)24(17-23-9-14-30(39-7)31(18-23)40-16-8-15-37-5)19-28(33)29(35)20-27(22(3)4)32(36)34-25-10-12-26(38-6)13-11-25/h9,14,18,21-22,24-29,35H,8,10-13,15-17,19-20,33H2,1-7H3,(H,34,36)/t24-,25?,26?,27-,28-,29-/m0/s1. The van der Waals surface area contributed by atoms with Crippen molar-refractivity contribution in [3.05, 3.63) is 23.8 Å². The van der Waals surface area contributed by atoms with E-state index in [9.17, 15) is 9.90 Å². The molecule has 1 fully saturated rings. The van der Waals surface area contributed by atoms with E-state index in [1.54, 1.807) is 21.3 Å². The summed E-state index contributed by atoms with van der Waals surface area (Å²) in [7, 11) is 5.08. The van der Waals surface area contributed by atoms with Gasteiger partial charge in [-0.1, -0.05) is 33.8 Å². The van der Waals surface area contributed by atoms with Crippen molar-refractivity contribution in [2.75, 3.05) is 34.5 Å². The van der Waals surface area contributed by atoms with Gasteiger partial charge in [0.1, 0.15) is 0 Å². The maximum atomic E-state index is 13.2. The van der Waals surface area contributed by atoms with Crippen LogP contribution in [0.25, 0.3) is 0 Å². The summed E-state index contributed by atoms with van der Waals surface area (Å²) in [5, 5.41) is 14.4. The third-order valence-electron chi connectivity index (χ3n) is 8.48. The Morgan fingerprint density at radius 1 is 1.00 bits per heavy atom. The molecule has 0 unspecified atom stereocenters. The molecule has 1 aliphatic carbocycles. The Bertz CT molecular complexity index is 856. The van der Waals surface area contributed by atoms with Crippen molar-refractivity contribution in [1.82, 2.24) is 5.32 Å². The van der Waals surface area contributed by atoms with Crippen LogP contribution in [0.2, 0.25) is 0 Å². The molecular weight excluding hydrogens is 508 g/mol. The van der Waals surface area contributed by atoms with Crippen molar-refractivity contribution < 1.29 is 28.8 Å². The molecule has 0 spiro atoms. The molecule has 4 N–H and O–H groups in total. The summed E-state index contributed by atoms with van der Waals surface area (Å²) in [6.45, 7) is 9.67. The quantitative estimate of drug-likeness (QED) is 0.221. The van der Waals surface area contributed by atoms with Gasteiger partial charge in [-0.05, 0) is 80.4 Å². The van der Waals surface area contributed by atoms with Crippen molar-refractivity contribution in [2.24, 2.45) is 29.4 Å². The molecule has 0 radical (unpaired) electrons. The number of benzene rings is 1. The lowest BCUT2D eigenvalue weighted by Gasteiger charge is -2.32. The van der Waals surface area contributed by atoms with E-state index in [4.69, 9.17) is 24.7 Å². The average Bonchev–Trinajstić information content (AvgIpc) is 2.93. The van der Waals surface area contributed by atoms with E-state index < -0.39 is 12.1 Å². The van der Waals surface area contributed by atoms with Gasteiger partial charge in [-0.2, -0.15) is 0 Å². The summed E-state index contributed by atoms with van der Waals surface area (Å²) >= 11 is 0. The molecule has 230 valence electrons. The fourth-order valence-corrected chi connectivity index (χ4v) is 5.61. The van der Waals surface area contributed by atoms with Gasteiger partial charge in [-0.3, -0.25) is 4.79 Å². The van der Waals surface area contributed by atoms with E-state index in [0.29, 0.717) is 43.8 Å².